The summed E-state index contributed by atoms with van der Waals surface area (Å²) in [6.45, 7) is 0. The third-order valence-corrected chi connectivity index (χ3v) is 7.12. The third kappa shape index (κ3) is 2.18. The van der Waals surface area contributed by atoms with Crippen LogP contribution in [0.15, 0.2) is 0 Å². The van der Waals surface area contributed by atoms with E-state index in [0.717, 1.165) is 19.3 Å². The fourth-order valence-electron chi connectivity index (χ4n) is 4.20. The Bertz CT molecular complexity index is 488. The van der Waals surface area contributed by atoms with E-state index in [9.17, 15) is 13.2 Å². The zero-order chi connectivity index (χ0) is 13.8. The largest absolute Gasteiger partial charge is 0.341 e. The lowest BCUT2D eigenvalue weighted by molar-refractivity contribution is -0.138. The molecule has 1 saturated heterocycles. The maximum Gasteiger partial charge on any atom is 0.227 e. The average Bonchev–Trinajstić information content (AvgIpc) is 3.01. The summed E-state index contributed by atoms with van der Waals surface area (Å²) in [7, 11) is -1.20. The van der Waals surface area contributed by atoms with Crippen LogP contribution >= 0.6 is 0 Å². The van der Waals surface area contributed by atoms with Gasteiger partial charge in [0, 0.05) is 19.1 Å². The summed E-state index contributed by atoms with van der Waals surface area (Å²) in [5.74, 6) is 1.24. The molecule has 0 aromatic carbocycles. The Kier molecular flexibility index (Phi) is 3.13. The Morgan fingerprint density at radius 2 is 1.89 bits per heavy atom. The van der Waals surface area contributed by atoms with Crippen LogP contribution in [-0.4, -0.2) is 49.9 Å². The molecule has 1 heterocycles. The number of sulfone groups is 1. The normalized spacial score (nSPS) is 43.6. The third-order valence-electron chi connectivity index (χ3n) is 5.37. The number of amides is 1. The first-order valence-electron chi connectivity index (χ1n) is 7.12. The molecule has 3 aliphatic rings. The van der Waals surface area contributed by atoms with Gasteiger partial charge in [-0.3, -0.25) is 4.79 Å². The number of hydrogen-bond acceptors (Lipinski definition) is 4. The van der Waals surface area contributed by atoms with Crippen molar-refractivity contribution in [3.8, 4) is 0 Å². The standard InChI is InChI=1S/C13H22N2O3S/c1-15(10-4-5-19(17,18)7-10)13(16)11-8-2-3-9(6-8)12(11)14/h8-12H,2-7,14H2,1H3. The summed E-state index contributed by atoms with van der Waals surface area (Å²) in [5.41, 5.74) is 6.19. The van der Waals surface area contributed by atoms with Crippen molar-refractivity contribution in [2.24, 2.45) is 23.5 Å². The van der Waals surface area contributed by atoms with Crippen molar-refractivity contribution in [2.75, 3.05) is 18.6 Å². The highest BCUT2D eigenvalue weighted by Crippen LogP contribution is 2.48. The molecule has 0 aromatic heterocycles. The van der Waals surface area contributed by atoms with Crippen LogP contribution in [0, 0.1) is 17.8 Å². The predicted octanol–water partition coefficient (Wildman–Crippen LogP) is 0.00530. The number of hydrogen-bond donors (Lipinski definition) is 1. The van der Waals surface area contributed by atoms with Gasteiger partial charge >= 0.3 is 0 Å². The fourth-order valence-corrected chi connectivity index (χ4v) is 5.97. The molecule has 2 bridgehead atoms. The molecule has 5 nitrogen and oxygen atoms in total. The number of carbonyl (C=O) groups excluding carboxylic acids is 1. The first kappa shape index (κ1) is 13.4. The molecule has 0 radical (unpaired) electrons. The van der Waals surface area contributed by atoms with Crippen molar-refractivity contribution in [3.63, 3.8) is 0 Å². The highest BCUT2D eigenvalue weighted by molar-refractivity contribution is 7.91. The molecule has 2 aliphatic carbocycles. The maximum atomic E-state index is 12.6. The number of carbonyl (C=O) groups is 1. The van der Waals surface area contributed by atoms with E-state index in [1.165, 1.54) is 0 Å². The lowest BCUT2D eigenvalue weighted by Crippen LogP contribution is -2.49. The predicted molar refractivity (Wildman–Crippen MR) is 72.1 cm³/mol. The van der Waals surface area contributed by atoms with Gasteiger partial charge in [0.15, 0.2) is 9.84 Å². The summed E-state index contributed by atoms with van der Waals surface area (Å²) in [6.07, 6.45) is 3.90. The van der Waals surface area contributed by atoms with Gasteiger partial charge in [-0.1, -0.05) is 0 Å². The Hall–Kier alpha value is -0.620. The summed E-state index contributed by atoms with van der Waals surface area (Å²) >= 11 is 0. The average molecular weight is 286 g/mol. The minimum Gasteiger partial charge on any atom is -0.341 e. The van der Waals surface area contributed by atoms with Crippen LogP contribution in [0.3, 0.4) is 0 Å². The molecule has 6 heteroatoms. The van der Waals surface area contributed by atoms with Crippen molar-refractivity contribution in [1.82, 2.24) is 4.90 Å². The minimum atomic E-state index is -2.95. The molecule has 108 valence electrons. The van der Waals surface area contributed by atoms with Crippen molar-refractivity contribution >= 4 is 15.7 Å². The van der Waals surface area contributed by atoms with Crippen molar-refractivity contribution in [3.05, 3.63) is 0 Å². The van der Waals surface area contributed by atoms with Crippen LogP contribution in [0.5, 0.6) is 0 Å². The molecule has 1 aliphatic heterocycles. The number of nitrogens with zero attached hydrogens (tertiary/aromatic N) is 1. The molecule has 3 rings (SSSR count). The molecule has 5 unspecified atom stereocenters. The van der Waals surface area contributed by atoms with Gasteiger partial charge in [-0.2, -0.15) is 0 Å². The smallest absolute Gasteiger partial charge is 0.227 e. The highest BCUT2D eigenvalue weighted by Gasteiger charge is 2.50. The second-order valence-corrected chi connectivity index (χ2v) is 8.67. The van der Waals surface area contributed by atoms with Crippen LogP contribution < -0.4 is 5.73 Å². The second-order valence-electron chi connectivity index (χ2n) is 6.44. The zero-order valence-electron chi connectivity index (χ0n) is 11.3. The number of rotatable bonds is 2. The first-order valence-corrected chi connectivity index (χ1v) is 8.94. The van der Waals surface area contributed by atoms with E-state index in [4.69, 9.17) is 5.73 Å². The summed E-state index contributed by atoms with van der Waals surface area (Å²) in [4.78, 5) is 14.3. The number of fused-ring (bicyclic) bond motifs is 2. The molecule has 0 spiro atoms. The highest BCUT2D eigenvalue weighted by atomic mass is 32.2. The van der Waals surface area contributed by atoms with Crippen LogP contribution in [0.2, 0.25) is 0 Å². The molecule has 2 N–H and O–H groups in total. The Morgan fingerprint density at radius 3 is 2.42 bits per heavy atom. The van der Waals surface area contributed by atoms with Crippen molar-refractivity contribution in [1.29, 1.82) is 0 Å². The lowest BCUT2D eigenvalue weighted by atomic mass is 9.84. The van der Waals surface area contributed by atoms with Gasteiger partial charge in [-0.15, -0.1) is 0 Å². The Labute approximate surface area is 114 Å². The molecule has 19 heavy (non-hydrogen) atoms. The van der Waals surface area contributed by atoms with Crippen LogP contribution in [-0.2, 0) is 14.6 Å². The lowest BCUT2D eigenvalue weighted by Gasteiger charge is -2.33. The molecule has 2 saturated carbocycles. The van der Waals surface area contributed by atoms with E-state index in [-0.39, 0.29) is 35.4 Å². The van der Waals surface area contributed by atoms with Gasteiger partial charge < -0.3 is 10.6 Å². The monoisotopic (exact) mass is 286 g/mol. The molecular formula is C13H22N2O3S. The van der Waals surface area contributed by atoms with Gasteiger partial charge in [0.25, 0.3) is 0 Å². The van der Waals surface area contributed by atoms with Gasteiger partial charge in [0.1, 0.15) is 0 Å². The molecule has 0 aromatic rings. The second kappa shape index (κ2) is 4.45. The van der Waals surface area contributed by atoms with E-state index in [2.05, 4.69) is 0 Å². The SMILES string of the molecule is CN(C(=O)C1C2CCC(C2)C1N)C1CCS(=O)(=O)C1. The van der Waals surface area contributed by atoms with Gasteiger partial charge in [0.05, 0.1) is 17.4 Å². The van der Waals surface area contributed by atoms with Gasteiger partial charge in [-0.25, -0.2) is 8.42 Å². The maximum absolute atomic E-state index is 12.6. The van der Waals surface area contributed by atoms with Crippen LogP contribution in [0.1, 0.15) is 25.7 Å². The minimum absolute atomic E-state index is 0.0216. The van der Waals surface area contributed by atoms with Crippen LogP contribution in [0.25, 0.3) is 0 Å². The van der Waals surface area contributed by atoms with Gasteiger partial charge in [-0.05, 0) is 37.5 Å². The summed E-state index contributed by atoms with van der Waals surface area (Å²) in [5, 5.41) is 0. The Balaban J connectivity index is 1.71. The van der Waals surface area contributed by atoms with E-state index in [1.807, 2.05) is 0 Å². The summed E-state index contributed by atoms with van der Waals surface area (Å²) in [6, 6.07) is -0.171. The zero-order valence-corrected chi connectivity index (χ0v) is 12.1. The van der Waals surface area contributed by atoms with E-state index < -0.39 is 9.84 Å². The molecular weight excluding hydrogens is 264 g/mol. The van der Waals surface area contributed by atoms with Crippen LogP contribution in [0.4, 0.5) is 0 Å². The molecule has 5 atom stereocenters. The fraction of sp³-hybridized carbons (Fsp3) is 0.923. The van der Waals surface area contributed by atoms with E-state index >= 15 is 0 Å². The van der Waals surface area contributed by atoms with Crippen molar-refractivity contribution < 1.29 is 13.2 Å². The van der Waals surface area contributed by atoms with E-state index in [1.54, 1.807) is 11.9 Å². The Morgan fingerprint density at radius 1 is 1.21 bits per heavy atom. The quantitative estimate of drug-likeness (QED) is 0.775. The summed E-state index contributed by atoms with van der Waals surface area (Å²) < 4.78 is 23.0. The topological polar surface area (TPSA) is 80.5 Å². The molecule has 3 fully saturated rings. The molecule has 1 amide bonds. The van der Waals surface area contributed by atoms with E-state index in [0.29, 0.717) is 18.3 Å². The van der Waals surface area contributed by atoms with Gasteiger partial charge in [0.2, 0.25) is 5.91 Å². The number of nitrogens with two attached hydrogens (primary N) is 1. The van der Waals surface area contributed by atoms with Crippen molar-refractivity contribution in [2.45, 2.75) is 37.8 Å². The first-order chi connectivity index (χ1) is 8.89.